The average Bonchev–Trinajstić information content (AvgIpc) is 3.58. The quantitative estimate of drug-likeness (QED) is 0.633. The fourth-order valence-corrected chi connectivity index (χ4v) is 5.31. The van der Waals surface area contributed by atoms with Crippen LogP contribution in [-0.4, -0.2) is 29.1 Å². The number of nitrogens with zero attached hydrogens (tertiary/aromatic N) is 2. The highest BCUT2D eigenvalue weighted by Crippen LogP contribution is 2.75. The summed E-state index contributed by atoms with van der Waals surface area (Å²) in [6.45, 7) is 1.67. The Labute approximate surface area is 172 Å². The lowest BCUT2D eigenvalue weighted by Crippen LogP contribution is -2.47. The van der Waals surface area contributed by atoms with Gasteiger partial charge in [-0.15, -0.1) is 6.42 Å². The molecule has 1 aromatic carbocycles. The maximum Gasteiger partial charge on any atom is 0.351 e. The second-order valence-electron chi connectivity index (χ2n) is 8.76. The molecular weight excluding hydrogens is 408 g/mol. The Balaban J connectivity index is 1.65. The number of hydrogen-bond donors (Lipinski definition) is 2. The van der Waals surface area contributed by atoms with E-state index in [9.17, 15) is 22.8 Å². The van der Waals surface area contributed by atoms with E-state index in [1.807, 2.05) is 0 Å². The molecule has 10 heteroatoms. The third-order valence-electron chi connectivity index (χ3n) is 6.40. The van der Waals surface area contributed by atoms with E-state index < -0.39 is 32.2 Å². The van der Waals surface area contributed by atoms with Gasteiger partial charge in [0.1, 0.15) is 0 Å². The number of amides is 1. The summed E-state index contributed by atoms with van der Waals surface area (Å²) in [6.07, 6.45) is 8.37. The first-order chi connectivity index (χ1) is 14.1. The summed E-state index contributed by atoms with van der Waals surface area (Å²) in [5.41, 5.74) is 0.134. The molecule has 3 aliphatic rings. The average molecular weight is 428 g/mol. The molecule has 1 amide bonds. The van der Waals surface area contributed by atoms with E-state index in [0.29, 0.717) is 10.6 Å². The van der Waals surface area contributed by atoms with Crippen molar-refractivity contribution >= 4 is 26.8 Å². The number of sulfonamides is 1. The van der Waals surface area contributed by atoms with Gasteiger partial charge in [-0.2, -0.15) is 4.68 Å². The Morgan fingerprint density at radius 1 is 1.30 bits per heavy atom. The van der Waals surface area contributed by atoms with Crippen LogP contribution in [0.3, 0.4) is 0 Å². The Morgan fingerprint density at radius 3 is 2.53 bits per heavy atom. The summed E-state index contributed by atoms with van der Waals surface area (Å²) in [4.78, 5) is 38.3. The number of fused-ring (bicyclic) bond motifs is 2. The Hall–Kier alpha value is -2.90. The number of nitrogens with one attached hydrogen (secondary N) is 2. The van der Waals surface area contributed by atoms with Gasteiger partial charge in [0.15, 0.2) is 0 Å². The standard InChI is InChI=1S/C20H20N4O5S/c1-3-8-23-15-5-4-13(30(28,29)22-19(2)6-7-19)9-14(15)16(25)24(18(23)27)21-17(26)20-10-12(20)11-20/h1,4-5,9,12,22H,6-8,10-11H2,2H3,(H,21,26). The third kappa shape index (κ3) is 2.80. The molecular formula is C20H20N4O5S. The maximum atomic E-state index is 13.0. The number of hydrogen-bond acceptors (Lipinski definition) is 5. The van der Waals surface area contributed by atoms with Crippen molar-refractivity contribution in [2.24, 2.45) is 11.3 Å². The first-order valence-electron chi connectivity index (χ1n) is 9.69. The minimum atomic E-state index is -3.85. The molecule has 2 aromatic rings. The summed E-state index contributed by atoms with van der Waals surface area (Å²) in [7, 11) is -3.85. The highest BCUT2D eigenvalue weighted by molar-refractivity contribution is 7.89. The fourth-order valence-electron chi connectivity index (χ4n) is 3.82. The fraction of sp³-hybridized carbons (Fsp3) is 0.450. The van der Waals surface area contributed by atoms with Crippen LogP contribution in [0.4, 0.5) is 0 Å². The highest BCUT2D eigenvalue weighted by atomic mass is 32.2. The normalized spacial score (nSPS) is 25.3. The summed E-state index contributed by atoms with van der Waals surface area (Å²) >= 11 is 0. The largest absolute Gasteiger partial charge is 0.351 e. The van der Waals surface area contributed by atoms with Crippen LogP contribution in [-0.2, 0) is 21.4 Å². The number of rotatable bonds is 6. The predicted octanol–water partition coefficient (Wildman–Crippen LogP) is 0.107. The van der Waals surface area contributed by atoms with Gasteiger partial charge in [-0.3, -0.25) is 19.6 Å². The van der Waals surface area contributed by atoms with Crippen LogP contribution in [0.15, 0.2) is 32.7 Å². The van der Waals surface area contributed by atoms with E-state index in [1.54, 1.807) is 6.92 Å². The van der Waals surface area contributed by atoms with E-state index in [4.69, 9.17) is 6.42 Å². The monoisotopic (exact) mass is 428 g/mol. The van der Waals surface area contributed by atoms with E-state index in [-0.39, 0.29) is 28.3 Å². The highest BCUT2D eigenvalue weighted by Gasteiger charge is 2.74. The molecule has 3 fully saturated rings. The molecule has 0 spiro atoms. The lowest BCUT2D eigenvalue weighted by Gasteiger charge is -2.16. The summed E-state index contributed by atoms with van der Waals surface area (Å²) in [5.74, 6) is 2.31. The van der Waals surface area contributed by atoms with Gasteiger partial charge in [0, 0.05) is 5.54 Å². The molecule has 3 saturated carbocycles. The van der Waals surface area contributed by atoms with Crippen LogP contribution in [0.25, 0.3) is 10.9 Å². The number of terminal acetylenes is 1. The van der Waals surface area contributed by atoms with Crippen LogP contribution in [0, 0.1) is 23.7 Å². The Kier molecular flexibility index (Phi) is 3.71. The molecule has 0 bridgehead atoms. The van der Waals surface area contributed by atoms with Crippen LogP contribution < -0.4 is 21.4 Å². The number of benzene rings is 1. The van der Waals surface area contributed by atoms with Gasteiger partial charge in [0.2, 0.25) is 15.9 Å². The van der Waals surface area contributed by atoms with Crippen LogP contribution in [0.2, 0.25) is 0 Å². The first-order valence-corrected chi connectivity index (χ1v) is 11.2. The Bertz CT molecular complexity index is 1390. The smallest absolute Gasteiger partial charge is 0.280 e. The molecule has 9 nitrogen and oxygen atoms in total. The molecule has 2 N–H and O–H groups in total. The molecule has 1 aromatic heterocycles. The number of carbonyl (C=O) groups excluding carboxylic acids is 1. The lowest BCUT2D eigenvalue weighted by molar-refractivity contribution is -0.120. The molecule has 0 unspecified atom stereocenters. The predicted molar refractivity (Wildman–Crippen MR) is 109 cm³/mol. The molecule has 5 rings (SSSR count). The molecule has 0 saturated heterocycles. The van der Waals surface area contributed by atoms with Crippen molar-refractivity contribution in [3.05, 3.63) is 39.0 Å². The second-order valence-corrected chi connectivity index (χ2v) is 10.4. The van der Waals surface area contributed by atoms with E-state index in [1.165, 1.54) is 18.2 Å². The van der Waals surface area contributed by atoms with E-state index in [0.717, 1.165) is 30.3 Å². The van der Waals surface area contributed by atoms with Crippen molar-refractivity contribution in [2.75, 3.05) is 5.43 Å². The van der Waals surface area contributed by atoms with Crippen LogP contribution in [0.5, 0.6) is 0 Å². The molecule has 0 aliphatic heterocycles. The van der Waals surface area contributed by atoms with Crippen molar-refractivity contribution in [2.45, 2.75) is 49.6 Å². The Morgan fingerprint density at radius 2 is 1.97 bits per heavy atom. The van der Waals surface area contributed by atoms with Crippen molar-refractivity contribution in [1.82, 2.24) is 14.0 Å². The summed E-state index contributed by atoms with van der Waals surface area (Å²) in [5, 5.41) is -0.0189. The van der Waals surface area contributed by atoms with Crippen molar-refractivity contribution in [1.29, 1.82) is 0 Å². The molecule has 156 valence electrons. The summed E-state index contributed by atoms with van der Waals surface area (Å²) < 4.78 is 29.9. The zero-order valence-corrected chi connectivity index (χ0v) is 17.1. The maximum absolute atomic E-state index is 13.0. The minimum Gasteiger partial charge on any atom is -0.280 e. The van der Waals surface area contributed by atoms with E-state index >= 15 is 0 Å². The minimum absolute atomic E-state index is 0.0189. The summed E-state index contributed by atoms with van der Waals surface area (Å²) in [6, 6.07) is 3.95. The molecule has 30 heavy (non-hydrogen) atoms. The van der Waals surface area contributed by atoms with Crippen molar-refractivity contribution in [3.63, 3.8) is 0 Å². The van der Waals surface area contributed by atoms with Crippen LogP contribution >= 0.6 is 0 Å². The van der Waals surface area contributed by atoms with Gasteiger partial charge in [-0.05, 0) is 56.7 Å². The zero-order valence-electron chi connectivity index (χ0n) is 16.3. The van der Waals surface area contributed by atoms with Gasteiger partial charge in [-0.25, -0.2) is 17.9 Å². The molecule has 3 aliphatic carbocycles. The number of aromatic nitrogens is 2. The van der Waals surface area contributed by atoms with Crippen molar-refractivity contribution in [3.8, 4) is 12.3 Å². The van der Waals surface area contributed by atoms with Gasteiger partial charge in [0.05, 0.1) is 27.8 Å². The number of carbonyl (C=O) groups is 1. The van der Waals surface area contributed by atoms with Gasteiger partial charge < -0.3 is 0 Å². The van der Waals surface area contributed by atoms with Gasteiger partial charge >= 0.3 is 5.69 Å². The topological polar surface area (TPSA) is 119 Å². The molecule has 0 radical (unpaired) electrons. The first kappa shape index (κ1) is 19.1. The van der Waals surface area contributed by atoms with Gasteiger partial charge in [0.25, 0.3) is 5.56 Å². The SMILES string of the molecule is C#CCn1c(=O)n(NC(=O)C23CC2C3)c(=O)c2cc(S(=O)(=O)NC3(C)CC3)ccc21. The third-order valence-corrected chi connectivity index (χ3v) is 8.04. The lowest BCUT2D eigenvalue weighted by atomic mass is 10.2. The van der Waals surface area contributed by atoms with E-state index in [2.05, 4.69) is 16.1 Å². The molecule has 0 atom stereocenters. The van der Waals surface area contributed by atoms with Gasteiger partial charge in [-0.1, -0.05) is 5.92 Å². The van der Waals surface area contributed by atoms with Crippen molar-refractivity contribution < 1.29 is 13.2 Å². The van der Waals surface area contributed by atoms with Crippen LogP contribution in [0.1, 0.15) is 32.6 Å². The zero-order chi connectivity index (χ0) is 21.5. The molecule has 1 heterocycles. The second kappa shape index (κ2) is 5.83.